The van der Waals surface area contributed by atoms with E-state index in [9.17, 15) is 0 Å². The lowest BCUT2D eigenvalue weighted by Crippen LogP contribution is -1.88. The summed E-state index contributed by atoms with van der Waals surface area (Å²) in [5.41, 5.74) is 3.31. The topological polar surface area (TPSA) is 28.7 Å². The summed E-state index contributed by atoms with van der Waals surface area (Å²) in [4.78, 5) is 0. The zero-order valence-corrected chi connectivity index (χ0v) is 11.4. The van der Waals surface area contributed by atoms with Crippen molar-refractivity contribution in [3.05, 3.63) is 40.5 Å². The van der Waals surface area contributed by atoms with Gasteiger partial charge >= 0.3 is 0 Å². The summed E-state index contributed by atoms with van der Waals surface area (Å²) in [7, 11) is 0. The molecule has 0 spiro atoms. The number of H-pyrrole nitrogens is 1. The van der Waals surface area contributed by atoms with Gasteiger partial charge < -0.3 is 0 Å². The van der Waals surface area contributed by atoms with Crippen molar-refractivity contribution in [2.75, 3.05) is 12.0 Å². The lowest BCUT2D eigenvalue weighted by molar-refractivity contribution is 0.980. The van der Waals surface area contributed by atoms with Crippen LogP contribution in [0.1, 0.15) is 5.69 Å². The van der Waals surface area contributed by atoms with Crippen LogP contribution < -0.4 is 0 Å². The number of nitrogens with one attached hydrogen (secondary N) is 1. The summed E-state index contributed by atoms with van der Waals surface area (Å²) >= 11 is 5.46. The Hall–Kier alpha value is -0.740. The second-order valence-electron chi connectivity index (χ2n) is 3.47. The van der Waals surface area contributed by atoms with Crippen molar-refractivity contribution in [3.63, 3.8) is 0 Å². The van der Waals surface area contributed by atoms with Crippen LogP contribution in [0.5, 0.6) is 0 Å². The van der Waals surface area contributed by atoms with Crippen molar-refractivity contribution in [1.82, 2.24) is 10.2 Å². The standard InChI is InChI=1S/C12H13BrN2S/c1-16-8-7-10-11(13)12(15-14-10)9-5-3-2-4-6-9/h2-6H,7-8H2,1H3,(H,14,15). The molecule has 0 saturated carbocycles. The number of aromatic amines is 1. The Labute approximate surface area is 108 Å². The first-order valence-electron chi connectivity index (χ1n) is 5.10. The van der Waals surface area contributed by atoms with E-state index in [4.69, 9.17) is 0 Å². The van der Waals surface area contributed by atoms with Crippen molar-refractivity contribution in [3.8, 4) is 11.3 Å². The second kappa shape index (κ2) is 5.55. The van der Waals surface area contributed by atoms with Crippen LogP contribution in [0.3, 0.4) is 0 Å². The Morgan fingerprint density at radius 2 is 2.06 bits per heavy atom. The molecular weight excluding hydrogens is 284 g/mol. The van der Waals surface area contributed by atoms with Crippen LogP contribution in [0.2, 0.25) is 0 Å². The van der Waals surface area contributed by atoms with Gasteiger partial charge in [-0.05, 0) is 34.4 Å². The molecule has 1 aromatic carbocycles. The van der Waals surface area contributed by atoms with Crippen LogP contribution in [-0.4, -0.2) is 22.2 Å². The number of hydrogen-bond acceptors (Lipinski definition) is 2. The van der Waals surface area contributed by atoms with Gasteiger partial charge in [0, 0.05) is 5.56 Å². The van der Waals surface area contributed by atoms with Gasteiger partial charge in [-0.3, -0.25) is 5.10 Å². The van der Waals surface area contributed by atoms with Gasteiger partial charge in [0.15, 0.2) is 0 Å². The largest absolute Gasteiger partial charge is 0.281 e. The lowest BCUT2D eigenvalue weighted by Gasteiger charge is -1.98. The summed E-state index contributed by atoms with van der Waals surface area (Å²) in [6.45, 7) is 0. The normalized spacial score (nSPS) is 10.6. The van der Waals surface area contributed by atoms with Crippen molar-refractivity contribution in [2.24, 2.45) is 0 Å². The van der Waals surface area contributed by atoms with Gasteiger partial charge in [-0.25, -0.2) is 0 Å². The zero-order valence-electron chi connectivity index (χ0n) is 9.03. The average molecular weight is 297 g/mol. The molecule has 1 aromatic heterocycles. The van der Waals surface area contributed by atoms with E-state index in [2.05, 4.69) is 44.5 Å². The molecule has 4 heteroatoms. The maximum atomic E-state index is 4.36. The Kier molecular flexibility index (Phi) is 4.07. The highest BCUT2D eigenvalue weighted by atomic mass is 79.9. The molecule has 0 aliphatic rings. The molecule has 0 aliphatic heterocycles. The van der Waals surface area contributed by atoms with Crippen LogP contribution in [0, 0.1) is 0 Å². The van der Waals surface area contributed by atoms with E-state index in [1.165, 1.54) is 5.69 Å². The van der Waals surface area contributed by atoms with Crippen molar-refractivity contribution < 1.29 is 0 Å². The van der Waals surface area contributed by atoms with E-state index >= 15 is 0 Å². The molecule has 84 valence electrons. The average Bonchev–Trinajstić information content (AvgIpc) is 2.69. The van der Waals surface area contributed by atoms with E-state index in [1.807, 2.05) is 30.0 Å². The molecular formula is C12H13BrN2S. The summed E-state index contributed by atoms with van der Waals surface area (Å²) in [5.74, 6) is 1.11. The van der Waals surface area contributed by atoms with Gasteiger partial charge in [0.1, 0.15) is 5.69 Å². The maximum absolute atomic E-state index is 4.36. The fourth-order valence-electron chi connectivity index (χ4n) is 1.52. The Balaban J connectivity index is 2.27. The molecule has 0 saturated heterocycles. The lowest BCUT2D eigenvalue weighted by atomic mass is 10.1. The number of thioether (sulfide) groups is 1. The summed E-state index contributed by atoms with van der Waals surface area (Å²) in [6, 6.07) is 10.2. The van der Waals surface area contributed by atoms with Crippen LogP contribution in [-0.2, 0) is 6.42 Å². The first-order chi connectivity index (χ1) is 7.83. The first-order valence-corrected chi connectivity index (χ1v) is 7.28. The minimum absolute atomic E-state index is 0.997. The highest BCUT2D eigenvalue weighted by Crippen LogP contribution is 2.29. The molecule has 0 bridgehead atoms. The molecule has 0 radical (unpaired) electrons. The number of nitrogens with zero attached hydrogens (tertiary/aromatic N) is 1. The number of benzene rings is 1. The monoisotopic (exact) mass is 296 g/mol. The SMILES string of the molecule is CSCCc1[nH]nc(-c2ccccc2)c1Br. The van der Waals surface area contributed by atoms with Gasteiger partial charge in [-0.1, -0.05) is 30.3 Å². The molecule has 0 amide bonds. The Morgan fingerprint density at radius 1 is 1.31 bits per heavy atom. The molecule has 2 nitrogen and oxygen atoms in total. The molecule has 0 fully saturated rings. The predicted molar refractivity (Wildman–Crippen MR) is 73.8 cm³/mol. The summed E-state index contributed by atoms with van der Waals surface area (Å²) < 4.78 is 1.09. The summed E-state index contributed by atoms with van der Waals surface area (Å²) in [6.07, 6.45) is 3.13. The van der Waals surface area contributed by atoms with E-state index in [1.54, 1.807) is 0 Å². The molecule has 1 N–H and O–H groups in total. The predicted octanol–water partition coefficient (Wildman–Crippen LogP) is 3.74. The van der Waals surface area contributed by atoms with Crippen LogP contribution in [0.15, 0.2) is 34.8 Å². The smallest absolute Gasteiger partial charge is 0.107 e. The number of aromatic nitrogens is 2. The van der Waals surface area contributed by atoms with Gasteiger partial charge in [-0.15, -0.1) is 0 Å². The minimum atomic E-state index is 0.997. The molecule has 16 heavy (non-hydrogen) atoms. The second-order valence-corrected chi connectivity index (χ2v) is 5.25. The van der Waals surface area contributed by atoms with E-state index < -0.39 is 0 Å². The van der Waals surface area contributed by atoms with Crippen molar-refractivity contribution in [2.45, 2.75) is 6.42 Å². The highest BCUT2D eigenvalue weighted by Gasteiger charge is 2.11. The highest BCUT2D eigenvalue weighted by molar-refractivity contribution is 9.10. The van der Waals surface area contributed by atoms with E-state index in [-0.39, 0.29) is 0 Å². The number of aryl methyl sites for hydroxylation is 1. The molecule has 1 heterocycles. The molecule has 0 aliphatic carbocycles. The van der Waals surface area contributed by atoms with Crippen molar-refractivity contribution in [1.29, 1.82) is 0 Å². The molecule has 0 atom stereocenters. The Morgan fingerprint density at radius 3 is 2.75 bits per heavy atom. The third-order valence-electron chi connectivity index (χ3n) is 2.38. The van der Waals surface area contributed by atoms with Crippen molar-refractivity contribution >= 4 is 27.7 Å². The number of rotatable bonds is 4. The van der Waals surface area contributed by atoms with Gasteiger partial charge in [-0.2, -0.15) is 16.9 Å². The van der Waals surface area contributed by atoms with Crippen LogP contribution in [0.4, 0.5) is 0 Å². The molecule has 2 aromatic rings. The molecule has 2 rings (SSSR count). The fraction of sp³-hybridized carbons (Fsp3) is 0.250. The number of hydrogen-bond donors (Lipinski definition) is 1. The number of halogens is 1. The van der Waals surface area contributed by atoms with Gasteiger partial charge in [0.05, 0.1) is 10.2 Å². The van der Waals surface area contributed by atoms with Gasteiger partial charge in [0.25, 0.3) is 0 Å². The first kappa shape index (κ1) is 11.7. The van der Waals surface area contributed by atoms with Gasteiger partial charge in [0.2, 0.25) is 0 Å². The summed E-state index contributed by atoms with van der Waals surface area (Å²) in [5, 5.41) is 7.45. The van der Waals surface area contributed by atoms with E-state index in [0.29, 0.717) is 0 Å². The van der Waals surface area contributed by atoms with Crippen LogP contribution in [0.25, 0.3) is 11.3 Å². The minimum Gasteiger partial charge on any atom is -0.281 e. The van der Waals surface area contributed by atoms with E-state index in [0.717, 1.165) is 27.9 Å². The third-order valence-corrected chi connectivity index (χ3v) is 3.85. The fourth-order valence-corrected chi connectivity index (χ4v) is 2.53. The van der Waals surface area contributed by atoms with Crippen LogP contribution >= 0.6 is 27.7 Å². The Bertz CT molecular complexity index is 453. The third kappa shape index (κ3) is 2.50. The maximum Gasteiger partial charge on any atom is 0.107 e. The quantitative estimate of drug-likeness (QED) is 0.931. The zero-order chi connectivity index (χ0) is 11.4. The molecule has 0 unspecified atom stereocenters.